The molecule has 1 heterocycles. The van der Waals surface area contributed by atoms with Crippen molar-refractivity contribution in [2.24, 2.45) is 0 Å². The minimum absolute atomic E-state index is 0.286. The van der Waals surface area contributed by atoms with Gasteiger partial charge in [-0.1, -0.05) is 0 Å². The van der Waals surface area contributed by atoms with Crippen molar-refractivity contribution in [1.82, 2.24) is 0 Å². The number of nitrogen functional groups attached to an aromatic ring is 1. The van der Waals surface area contributed by atoms with Crippen LogP contribution in [0.2, 0.25) is 0 Å². The molecule has 0 atom stereocenters. The number of hydrogen-bond acceptors (Lipinski definition) is 4. The van der Waals surface area contributed by atoms with E-state index in [1.807, 2.05) is 6.07 Å². The Balaban J connectivity index is 2.25. The summed E-state index contributed by atoms with van der Waals surface area (Å²) in [5.74, 6) is 0.948. The lowest BCUT2D eigenvalue weighted by Crippen LogP contribution is -2.13. The third-order valence-corrected chi connectivity index (χ3v) is 2.71. The molecule has 0 saturated carbocycles. The number of rotatable bonds is 2. The molecule has 0 radical (unpaired) electrons. The topological polar surface area (TPSA) is 92.0 Å². The maximum Gasteiger partial charge on any atom is 0.259 e. The molecule has 2 aromatic rings. The van der Waals surface area contributed by atoms with Gasteiger partial charge in [0.1, 0.15) is 11.5 Å². The van der Waals surface area contributed by atoms with Crippen LogP contribution < -0.4 is 11.1 Å². The molecule has 0 spiro atoms. The van der Waals surface area contributed by atoms with E-state index in [1.54, 1.807) is 32.0 Å². The lowest BCUT2D eigenvalue weighted by molar-refractivity contribution is 0.102. The van der Waals surface area contributed by atoms with Gasteiger partial charge in [-0.3, -0.25) is 4.79 Å². The Morgan fingerprint density at radius 3 is 2.63 bits per heavy atom. The van der Waals surface area contributed by atoms with Crippen LogP contribution in [0, 0.1) is 25.2 Å². The number of nitrogens with one attached hydrogen (secondary N) is 1. The molecule has 5 nitrogen and oxygen atoms in total. The van der Waals surface area contributed by atoms with E-state index in [1.165, 1.54) is 6.07 Å². The van der Waals surface area contributed by atoms with Crippen molar-refractivity contribution in [3.63, 3.8) is 0 Å². The van der Waals surface area contributed by atoms with Crippen molar-refractivity contribution in [3.8, 4) is 6.07 Å². The highest BCUT2D eigenvalue weighted by Gasteiger charge is 2.14. The molecule has 0 unspecified atom stereocenters. The Kier molecular flexibility index (Phi) is 3.25. The summed E-state index contributed by atoms with van der Waals surface area (Å²) in [7, 11) is 0. The molecule has 1 amide bonds. The number of amides is 1. The second-order valence-corrected chi connectivity index (χ2v) is 4.19. The van der Waals surface area contributed by atoms with Crippen LogP contribution in [-0.2, 0) is 0 Å². The summed E-state index contributed by atoms with van der Waals surface area (Å²) < 4.78 is 5.30. The maximum atomic E-state index is 12.1. The largest absolute Gasteiger partial charge is 0.466 e. The minimum atomic E-state index is -0.286. The first-order chi connectivity index (χ1) is 9.01. The van der Waals surface area contributed by atoms with Gasteiger partial charge in [-0.25, -0.2) is 0 Å². The number of nitriles is 1. The molecule has 2 rings (SSSR count). The zero-order valence-electron chi connectivity index (χ0n) is 10.7. The summed E-state index contributed by atoms with van der Waals surface area (Å²) in [5.41, 5.74) is 7.53. The van der Waals surface area contributed by atoms with Gasteiger partial charge in [0.15, 0.2) is 0 Å². The average Bonchev–Trinajstić information content (AvgIpc) is 2.71. The first-order valence-electron chi connectivity index (χ1n) is 5.69. The van der Waals surface area contributed by atoms with Gasteiger partial charge in [0.2, 0.25) is 0 Å². The highest BCUT2D eigenvalue weighted by Crippen LogP contribution is 2.22. The molecule has 3 N–H and O–H groups in total. The van der Waals surface area contributed by atoms with Gasteiger partial charge in [0.25, 0.3) is 5.91 Å². The molecular formula is C14H13N3O2. The van der Waals surface area contributed by atoms with Crippen LogP contribution in [0.3, 0.4) is 0 Å². The molecule has 19 heavy (non-hydrogen) atoms. The van der Waals surface area contributed by atoms with E-state index in [0.29, 0.717) is 34.0 Å². The molecule has 0 aliphatic rings. The van der Waals surface area contributed by atoms with Crippen LogP contribution in [0.4, 0.5) is 11.4 Å². The molecule has 0 aliphatic carbocycles. The second kappa shape index (κ2) is 4.86. The minimum Gasteiger partial charge on any atom is -0.466 e. The van der Waals surface area contributed by atoms with Crippen molar-refractivity contribution < 1.29 is 9.21 Å². The van der Waals surface area contributed by atoms with Gasteiger partial charge in [0, 0.05) is 0 Å². The van der Waals surface area contributed by atoms with E-state index in [-0.39, 0.29) is 5.91 Å². The number of anilines is 2. The van der Waals surface area contributed by atoms with E-state index < -0.39 is 0 Å². The van der Waals surface area contributed by atoms with Crippen molar-refractivity contribution in [2.75, 3.05) is 11.1 Å². The van der Waals surface area contributed by atoms with Gasteiger partial charge in [0.05, 0.1) is 28.6 Å². The SMILES string of the molecule is Cc1cc(C(=O)Nc2ccc(C#N)cc2N)c(C)o1. The van der Waals surface area contributed by atoms with Gasteiger partial charge >= 0.3 is 0 Å². The summed E-state index contributed by atoms with van der Waals surface area (Å²) in [6.45, 7) is 3.50. The lowest BCUT2D eigenvalue weighted by atomic mass is 10.1. The van der Waals surface area contributed by atoms with E-state index in [4.69, 9.17) is 15.4 Å². The number of nitrogens with two attached hydrogens (primary N) is 1. The zero-order valence-corrected chi connectivity index (χ0v) is 10.7. The molecule has 0 bridgehead atoms. The molecular weight excluding hydrogens is 242 g/mol. The first-order valence-corrected chi connectivity index (χ1v) is 5.69. The Labute approximate surface area is 110 Å². The van der Waals surface area contributed by atoms with E-state index in [9.17, 15) is 4.79 Å². The Morgan fingerprint density at radius 1 is 1.37 bits per heavy atom. The first kappa shape index (κ1) is 12.7. The Bertz CT molecular complexity index is 680. The predicted octanol–water partition coefficient (Wildman–Crippen LogP) is 2.60. The van der Waals surface area contributed by atoms with Crippen LogP contribution >= 0.6 is 0 Å². The molecule has 0 aliphatic heterocycles. The van der Waals surface area contributed by atoms with Crippen molar-refractivity contribution in [3.05, 3.63) is 46.9 Å². The number of nitrogens with zero attached hydrogens (tertiary/aromatic N) is 1. The number of hydrogen-bond donors (Lipinski definition) is 2. The second-order valence-electron chi connectivity index (χ2n) is 4.19. The quantitative estimate of drug-likeness (QED) is 0.807. The normalized spacial score (nSPS) is 9.95. The monoisotopic (exact) mass is 255 g/mol. The Hall–Kier alpha value is -2.74. The fraction of sp³-hybridized carbons (Fsp3) is 0.143. The lowest BCUT2D eigenvalue weighted by Gasteiger charge is -2.07. The molecule has 96 valence electrons. The van der Waals surface area contributed by atoms with Gasteiger partial charge in [-0.15, -0.1) is 0 Å². The van der Waals surface area contributed by atoms with Crippen LogP contribution in [0.25, 0.3) is 0 Å². The van der Waals surface area contributed by atoms with Crippen LogP contribution in [0.1, 0.15) is 27.4 Å². The van der Waals surface area contributed by atoms with Crippen molar-refractivity contribution in [1.29, 1.82) is 5.26 Å². The predicted molar refractivity (Wildman–Crippen MR) is 71.7 cm³/mol. The number of carbonyl (C=O) groups excluding carboxylic acids is 1. The standard InChI is InChI=1S/C14H13N3O2/c1-8-5-11(9(2)19-8)14(18)17-13-4-3-10(7-15)6-12(13)16/h3-6H,16H2,1-2H3,(H,17,18). The van der Waals surface area contributed by atoms with E-state index in [2.05, 4.69) is 5.32 Å². The maximum absolute atomic E-state index is 12.1. The Morgan fingerprint density at radius 2 is 2.11 bits per heavy atom. The summed E-state index contributed by atoms with van der Waals surface area (Å²) in [6.07, 6.45) is 0. The van der Waals surface area contributed by atoms with E-state index >= 15 is 0 Å². The van der Waals surface area contributed by atoms with E-state index in [0.717, 1.165) is 0 Å². The average molecular weight is 255 g/mol. The summed E-state index contributed by atoms with van der Waals surface area (Å²) in [6, 6.07) is 8.37. The van der Waals surface area contributed by atoms with Crippen LogP contribution in [0.15, 0.2) is 28.7 Å². The molecule has 1 aromatic carbocycles. The molecule has 0 fully saturated rings. The summed E-state index contributed by atoms with van der Waals surface area (Å²) in [5, 5.41) is 11.4. The third kappa shape index (κ3) is 2.58. The summed E-state index contributed by atoms with van der Waals surface area (Å²) >= 11 is 0. The number of furan rings is 1. The van der Waals surface area contributed by atoms with Crippen LogP contribution in [-0.4, -0.2) is 5.91 Å². The zero-order chi connectivity index (χ0) is 14.0. The van der Waals surface area contributed by atoms with Crippen molar-refractivity contribution >= 4 is 17.3 Å². The van der Waals surface area contributed by atoms with Gasteiger partial charge in [-0.05, 0) is 38.1 Å². The highest BCUT2D eigenvalue weighted by molar-refractivity contribution is 6.06. The highest BCUT2D eigenvalue weighted by atomic mass is 16.3. The van der Waals surface area contributed by atoms with Crippen LogP contribution in [0.5, 0.6) is 0 Å². The fourth-order valence-corrected chi connectivity index (χ4v) is 1.79. The third-order valence-electron chi connectivity index (χ3n) is 2.71. The molecule has 0 saturated heterocycles. The molecule has 5 heteroatoms. The smallest absolute Gasteiger partial charge is 0.259 e. The number of carbonyl (C=O) groups is 1. The van der Waals surface area contributed by atoms with Crippen molar-refractivity contribution in [2.45, 2.75) is 13.8 Å². The van der Waals surface area contributed by atoms with Gasteiger partial charge < -0.3 is 15.5 Å². The summed E-state index contributed by atoms with van der Waals surface area (Å²) in [4.78, 5) is 12.1. The number of aryl methyl sites for hydroxylation is 2. The van der Waals surface area contributed by atoms with Gasteiger partial charge in [-0.2, -0.15) is 5.26 Å². The fourth-order valence-electron chi connectivity index (χ4n) is 1.79. The number of benzene rings is 1. The molecule has 1 aromatic heterocycles.